The van der Waals surface area contributed by atoms with Crippen LogP contribution in [0.4, 0.5) is 0 Å². The van der Waals surface area contributed by atoms with Crippen LogP contribution in [0.15, 0.2) is 36.5 Å². The van der Waals surface area contributed by atoms with Crippen LogP contribution in [0.1, 0.15) is 37.9 Å². The number of hydroxylamine groups is 1. The number of nitrogens with one attached hydrogen (secondary N) is 2. The topological polar surface area (TPSA) is 101 Å². The van der Waals surface area contributed by atoms with Gasteiger partial charge in [-0.1, -0.05) is 18.2 Å². The van der Waals surface area contributed by atoms with Crippen molar-refractivity contribution in [1.29, 1.82) is 0 Å². The molecule has 4 rings (SSSR count). The van der Waals surface area contributed by atoms with Crippen LogP contribution in [0.5, 0.6) is 11.8 Å². The molecule has 1 saturated carbocycles. The Morgan fingerprint density at radius 2 is 2.23 bits per heavy atom. The van der Waals surface area contributed by atoms with E-state index in [4.69, 9.17) is 19.7 Å². The number of morpholine rings is 1. The van der Waals surface area contributed by atoms with Crippen molar-refractivity contribution in [3.05, 3.63) is 42.2 Å². The zero-order valence-corrected chi connectivity index (χ0v) is 17.9. The van der Waals surface area contributed by atoms with Crippen LogP contribution in [-0.4, -0.2) is 64.0 Å². The van der Waals surface area contributed by atoms with E-state index in [0.717, 1.165) is 25.1 Å². The lowest BCUT2D eigenvalue weighted by Crippen LogP contribution is -2.50. The first-order valence-electron chi connectivity index (χ1n) is 11.0. The molecule has 1 amide bonds. The number of carbonyl (C=O) groups is 1. The van der Waals surface area contributed by atoms with Crippen molar-refractivity contribution in [3.8, 4) is 11.8 Å². The highest BCUT2D eigenvalue weighted by Gasteiger charge is 2.40. The second-order valence-electron chi connectivity index (χ2n) is 8.03. The van der Waals surface area contributed by atoms with Gasteiger partial charge < -0.3 is 29.5 Å². The second kappa shape index (κ2) is 10.2. The molecule has 1 saturated heterocycles. The molecule has 1 aliphatic carbocycles. The van der Waals surface area contributed by atoms with E-state index in [1.165, 1.54) is 0 Å². The predicted molar refractivity (Wildman–Crippen MR) is 114 cm³/mol. The van der Waals surface area contributed by atoms with Gasteiger partial charge in [-0.3, -0.25) is 4.79 Å². The molecular weight excluding hydrogens is 398 g/mol. The van der Waals surface area contributed by atoms with Crippen molar-refractivity contribution in [3.63, 3.8) is 0 Å². The van der Waals surface area contributed by atoms with Gasteiger partial charge in [0.2, 0.25) is 0 Å². The normalized spacial score (nSPS) is 19.7. The monoisotopic (exact) mass is 429 g/mol. The summed E-state index contributed by atoms with van der Waals surface area (Å²) in [6.45, 7) is 4.97. The lowest BCUT2D eigenvalue weighted by molar-refractivity contribution is -0.148. The van der Waals surface area contributed by atoms with E-state index in [2.05, 4.69) is 10.8 Å². The Bertz CT molecular complexity index is 849. The molecule has 9 nitrogen and oxygen atoms in total. The van der Waals surface area contributed by atoms with E-state index in [-0.39, 0.29) is 18.0 Å². The first-order chi connectivity index (χ1) is 15.2. The van der Waals surface area contributed by atoms with E-state index in [1.54, 1.807) is 0 Å². The van der Waals surface area contributed by atoms with Crippen molar-refractivity contribution in [2.24, 2.45) is 0 Å². The van der Waals surface area contributed by atoms with Gasteiger partial charge in [0, 0.05) is 38.4 Å². The largest absolute Gasteiger partial charge is 0.426 e. The van der Waals surface area contributed by atoms with Crippen molar-refractivity contribution in [2.45, 2.75) is 50.9 Å². The first kappa shape index (κ1) is 21.8. The van der Waals surface area contributed by atoms with E-state index in [1.807, 2.05) is 52.9 Å². The highest BCUT2D eigenvalue weighted by atomic mass is 16.5. The number of rotatable bonds is 10. The third-order valence-corrected chi connectivity index (χ3v) is 5.64. The maximum atomic E-state index is 13.2. The van der Waals surface area contributed by atoms with Gasteiger partial charge in [0.25, 0.3) is 5.91 Å². The molecule has 9 heteroatoms. The third kappa shape index (κ3) is 5.43. The quantitative estimate of drug-likeness (QED) is 0.393. The number of carbonyl (C=O) groups excluding carboxylic acids is 1. The molecular formula is C22H31N5O4. The van der Waals surface area contributed by atoms with Gasteiger partial charge >= 0.3 is 6.01 Å². The van der Waals surface area contributed by atoms with Gasteiger partial charge in [-0.2, -0.15) is 4.98 Å². The Kier molecular flexibility index (Phi) is 7.18. The lowest BCUT2D eigenvalue weighted by atomic mass is 10.1. The Morgan fingerprint density at radius 1 is 1.42 bits per heavy atom. The molecule has 2 aliphatic rings. The summed E-state index contributed by atoms with van der Waals surface area (Å²) in [4.78, 5) is 19.9. The molecule has 0 spiro atoms. The molecule has 2 heterocycles. The molecule has 0 radical (unpaired) electrons. The van der Waals surface area contributed by atoms with Crippen molar-refractivity contribution in [2.75, 3.05) is 26.2 Å². The number of amides is 1. The summed E-state index contributed by atoms with van der Waals surface area (Å²) in [5, 5.41) is 12.1. The second-order valence-corrected chi connectivity index (χ2v) is 8.03. The highest BCUT2D eigenvalue weighted by Crippen LogP contribution is 2.36. The maximum Gasteiger partial charge on any atom is 0.302 e. The van der Waals surface area contributed by atoms with Crippen molar-refractivity contribution < 1.29 is 19.5 Å². The molecule has 2 aromatic rings. The summed E-state index contributed by atoms with van der Waals surface area (Å²) in [7, 11) is 0. The van der Waals surface area contributed by atoms with Crippen LogP contribution in [0, 0.1) is 0 Å². The van der Waals surface area contributed by atoms with Crippen molar-refractivity contribution in [1.82, 2.24) is 25.2 Å². The molecule has 168 valence electrons. The average Bonchev–Trinajstić information content (AvgIpc) is 3.56. The molecule has 2 fully saturated rings. The van der Waals surface area contributed by atoms with Gasteiger partial charge in [0.05, 0.1) is 18.3 Å². The van der Waals surface area contributed by atoms with E-state index in [0.29, 0.717) is 44.4 Å². The Morgan fingerprint density at radius 3 is 2.90 bits per heavy atom. The number of hydrogen-bond donors (Lipinski definition) is 3. The lowest BCUT2D eigenvalue weighted by Gasteiger charge is -2.33. The fourth-order valence-electron chi connectivity index (χ4n) is 3.86. The number of aromatic nitrogens is 2. The van der Waals surface area contributed by atoms with Gasteiger partial charge in [-0.25, -0.2) is 5.48 Å². The summed E-state index contributed by atoms with van der Waals surface area (Å²) in [6.07, 6.45) is 4.22. The summed E-state index contributed by atoms with van der Waals surface area (Å²) in [6, 6.07) is 10.0. The zero-order chi connectivity index (χ0) is 21.6. The minimum absolute atomic E-state index is 0.0201. The van der Waals surface area contributed by atoms with Crippen LogP contribution in [-0.2, 0) is 16.1 Å². The molecule has 31 heavy (non-hydrogen) atoms. The molecule has 1 aromatic carbocycles. The summed E-state index contributed by atoms with van der Waals surface area (Å²) >= 11 is 0. The summed E-state index contributed by atoms with van der Waals surface area (Å²) in [5.41, 5.74) is 2.97. The maximum absolute atomic E-state index is 13.2. The van der Waals surface area contributed by atoms with Crippen LogP contribution in [0.3, 0.4) is 0 Å². The first-order valence-corrected chi connectivity index (χ1v) is 11.0. The zero-order valence-electron chi connectivity index (χ0n) is 17.9. The number of imidazole rings is 1. The molecule has 1 aliphatic heterocycles. The smallest absolute Gasteiger partial charge is 0.302 e. The molecule has 2 atom stereocenters. The van der Waals surface area contributed by atoms with E-state index < -0.39 is 6.10 Å². The average molecular weight is 430 g/mol. The number of benzene rings is 1. The summed E-state index contributed by atoms with van der Waals surface area (Å²) < 4.78 is 13.7. The highest BCUT2D eigenvalue weighted by molar-refractivity contribution is 5.82. The van der Waals surface area contributed by atoms with E-state index in [9.17, 15) is 4.79 Å². The number of nitrogens with zero attached hydrogens (tertiary/aromatic N) is 3. The van der Waals surface area contributed by atoms with E-state index >= 15 is 0 Å². The van der Waals surface area contributed by atoms with Gasteiger partial charge in [0.1, 0.15) is 11.9 Å². The minimum atomic E-state index is -0.449. The number of para-hydroxylation sites is 1. The molecule has 1 aromatic heterocycles. The van der Waals surface area contributed by atoms with Crippen LogP contribution in [0.25, 0.3) is 0 Å². The Balaban J connectivity index is 1.55. The molecule has 0 bridgehead atoms. The molecule has 0 unspecified atom stereocenters. The van der Waals surface area contributed by atoms with Crippen LogP contribution < -0.4 is 15.5 Å². The third-order valence-electron chi connectivity index (χ3n) is 5.64. The standard InChI is InChI=1S/C22H31N5O4/c1-16(27(17-8-9-17)21(28)20-14-23-11-13-30-20)19-15-26(12-5-10-24-29)22(25-19)31-18-6-3-2-4-7-18/h2-4,6-7,15-17,20,23-24,29H,5,8-14H2,1H3/t16-,20-/m1/s1. The SMILES string of the molecule is C[C@H](c1cn(CCCNO)c(Oc2ccccc2)n1)N(C(=O)[C@H]1CNCCO1)C1CC1. The summed E-state index contributed by atoms with van der Waals surface area (Å²) in [5.74, 6) is 0.720. The fourth-order valence-corrected chi connectivity index (χ4v) is 3.86. The Hall–Kier alpha value is -2.46. The number of aryl methyl sites for hydroxylation is 1. The van der Waals surface area contributed by atoms with Crippen LogP contribution >= 0.6 is 0 Å². The minimum Gasteiger partial charge on any atom is -0.426 e. The Labute approximate surface area is 182 Å². The van der Waals surface area contributed by atoms with Crippen molar-refractivity contribution >= 4 is 5.91 Å². The van der Waals surface area contributed by atoms with Gasteiger partial charge in [-0.15, -0.1) is 0 Å². The van der Waals surface area contributed by atoms with Gasteiger partial charge in [-0.05, 0) is 38.3 Å². The number of hydrogen-bond acceptors (Lipinski definition) is 7. The number of ether oxygens (including phenoxy) is 2. The molecule has 3 N–H and O–H groups in total. The fraction of sp³-hybridized carbons (Fsp3) is 0.545. The van der Waals surface area contributed by atoms with Gasteiger partial charge in [0.15, 0.2) is 0 Å². The van der Waals surface area contributed by atoms with Crippen LogP contribution in [0.2, 0.25) is 0 Å². The predicted octanol–water partition coefficient (Wildman–Crippen LogP) is 2.08.